The SMILES string of the molecule is Cc1cc(Cl)cc(-c2nc(-c3ccccc3)cc(-c3ccccc3)n2)c1. The topological polar surface area (TPSA) is 25.8 Å². The fraction of sp³-hybridized carbons (Fsp3) is 0.0435. The lowest BCUT2D eigenvalue weighted by atomic mass is 10.1. The Kier molecular flexibility index (Phi) is 4.51. The van der Waals surface area contributed by atoms with Crippen molar-refractivity contribution in [3.05, 3.63) is 95.5 Å². The van der Waals surface area contributed by atoms with Crippen molar-refractivity contribution >= 4 is 11.6 Å². The van der Waals surface area contributed by atoms with E-state index in [0.29, 0.717) is 10.8 Å². The van der Waals surface area contributed by atoms with E-state index in [1.165, 1.54) is 0 Å². The maximum Gasteiger partial charge on any atom is 0.160 e. The van der Waals surface area contributed by atoms with Crippen LogP contribution in [0.15, 0.2) is 84.9 Å². The highest BCUT2D eigenvalue weighted by atomic mass is 35.5. The number of rotatable bonds is 3. The third-order valence-electron chi connectivity index (χ3n) is 4.17. The Bertz CT molecular complexity index is 966. The van der Waals surface area contributed by atoms with Crippen LogP contribution in [0.4, 0.5) is 0 Å². The highest BCUT2D eigenvalue weighted by Crippen LogP contribution is 2.28. The van der Waals surface area contributed by atoms with Gasteiger partial charge in [0, 0.05) is 21.7 Å². The average molecular weight is 357 g/mol. The van der Waals surface area contributed by atoms with Gasteiger partial charge in [0.1, 0.15) is 0 Å². The van der Waals surface area contributed by atoms with Gasteiger partial charge in [-0.05, 0) is 36.8 Å². The molecule has 3 aromatic carbocycles. The van der Waals surface area contributed by atoms with E-state index in [1.807, 2.05) is 61.5 Å². The molecule has 0 bridgehead atoms. The second kappa shape index (κ2) is 7.11. The molecule has 2 nitrogen and oxygen atoms in total. The number of halogens is 1. The van der Waals surface area contributed by atoms with Crippen molar-refractivity contribution in [2.45, 2.75) is 6.92 Å². The number of benzene rings is 3. The smallest absolute Gasteiger partial charge is 0.160 e. The molecule has 26 heavy (non-hydrogen) atoms. The zero-order valence-corrected chi connectivity index (χ0v) is 15.1. The minimum absolute atomic E-state index is 0.677. The van der Waals surface area contributed by atoms with E-state index >= 15 is 0 Å². The monoisotopic (exact) mass is 356 g/mol. The molecule has 0 unspecified atom stereocenters. The maximum atomic E-state index is 6.26. The van der Waals surface area contributed by atoms with Crippen LogP contribution in [0.2, 0.25) is 5.02 Å². The summed E-state index contributed by atoms with van der Waals surface area (Å²) in [5.41, 5.74) is 5.92. The third-order valence-corrected chi connectivity index (χ3v) is 4.38. The Hall–Kier alpha value is -2.97. The van der Waals surface area contributed by atoms with Gasteiger partial charge >= 0.3 is 0 Å². The van der Waals surface area contributed by atoms with Crippen LogP contribution in [0.1, 0.15) is 5.56 Å². The van der Waals surface area contributed by atoms with Crippen LogP contribution in [0.25, 0.3) is 33.9 Å². The molecule has 4 rings (SSSR count). The molecular formula is C23H17ClN2. The van der Waals surface area contributed by atoms with E-state index in [1.54, 1.807) is 0 Å². The molecule has 0 N–H and O–H groups in total. The quantitative estimate of drug-likeness (QED) is 0.422. The van der Waals surface area contributed by atoms with Crippen molar-refractivity contribution < 1.29 is 0 Å². The molecule has 126 valence electrons. The van der Waals surface area contributed by atoms with E-state index in [-0.39, 0.29) is 0 Å². The molecule has 0 aliphatic carbocycles. The molecule has 0 aliphatic heterocycles. The summed E-state index contributed by atoms with van der Waals surface area (Å²) in [4.78, 5) is 9.62. The molecule has 0 amide bonds. The van der Waals surface area contributed by atoms with Crippen LogP contribution >= 0.6 is 11.6 Å². The van der Waals surface area contributed by atoms with Gasteiger partial charge in [-0.1, -0.05) is 72.3 Å². The first-order valence-electron chi connectivity index (χ1n) is 8.46. The Morgan fingerprint density at radius 3 is 1.65 bits per heavy atom. The van der Waals surface area contributed by atoms with E-state index in [9.17, 15) is 0 Å². The fourth-order valence-corrected chi connectivity index (χ4v) is 3.25. The molecule has 1 heterocycles. The molecule has 0 spiro atoms. The van der Waals surface area contributed by atoms with Crippen LogP contribution in [0, 0.1) is 6.92 Å². The molecular weight excluding hydrogens is 340 g/mol. The Morgan fingerprint density at radius 1 is 0.615 bits per heavy atom. The second-order valence-electron chi connectivity index (χ2n) is 6.21. The fourth-order valence-electron chi connectivity index (χ4n) is 2.96. The summed E-state index contributed by atoms with van der Waals surface area (Å²) in [6.45, 7) is 2.02. The summed E-state index contributed by atoms with van der Waals surface area (Å²) in [6, 6.07) is 28.3. The van der Waals surface area contributed by atoms with Gasteiger partial charge in [0.15, 0.2) is 5.82 Å². The largest absolute Gasteiger partial charge is 0.228 e. The van der Waals surface area contributed by atoms with Gasteiger partial charge in [0.05, 0.1) is 11.4 Å². The summed E-state index contributed by atoms with van der Waals surface area (Å²) >= 11 is 6.26. The van der Waals surface area contributed by atoms with Crippen molar-refractivity contribution in [2.24, 2.45) is 0 Å². The number of aryl methyl sites for hydroxylation is 1. The molecule has 0 fully saturated rings. The number of hydrogen-bond donors (Lipinski definition) is 0. The van der Waals surface area contributed by atoms with Crippen LogP contribution in [0.5, 0.6) is 0 Å². The Labute approximate surface area is 158 Å². The second-order valence-corrected chi connectivity index (χ2v) is 6.65. The zero-order chi connectivity index (χ0) is 17.9. The minimum Gasteiger partial charge on any atom is -0.228 e. The normalized spacial score (nSPS) is 10.7. The molecule has 0 aliphatic rings. The highest BCUT2D eigenvalue weighted by Gasteiger charge is 2.11. The van der Waals surface area contributed by atoms with Crippen molar-refractivity contribution in [3.63, 3.8) is 0 Å². The standard InChI is InChI=1S/C23H17ClN2/c1-16-12-19(14-20(24)13-16)23-25-21(17-8-4-2-5-9-17)15-22(26-23)18-10-6-3-7-11-18/h2-15H,1H3. The van der Waals surface area contributed by atoms with Crippen LogP contribution in [0.3, 0.4) is 0 Å². The molecule has 3 heteroatoms. The van der Waals surface area contributed by atoms with Gasteiger partial charge < -0.3 is 0 Å². The van der Waals surface area contributed by atoms with Crippen LogP contribution < -0.4 is 0 Å². The molecule has 0 atom stereocenters. The highest BCUT2D eigenvalue weighted by molar-refractivity contribution is 6.30. The van der Waals surface area contributed by atoms with Gasteiger partial charge in [-0.25, -0.2) is 9.97 Å². The number of hydrogen-bond acceptors (Lipinski definition) is 2. The first kappa shape index (κ1) is 16.5. The van der Waals surface area contributed by atoms with Crippen LogP contribution in [-0.2, 0) is 0 Å². The Morgan fingerprint density at radius 2 is 1.15 bits per heavy atom. The first-order chi connectivity index (χ1) is 12.7. The van der Waals surface area contributed by atoms with Crippen LogP contribution in [-0.4, -0.2) is 9.97 Å². The average Bonchev–Trinajstić information content (AvgIpc) is 2.68. The van der Waals surface area contributed by atoms with Crippen molar-refractivity contribution in [1.82, 2.24) is 9.97 Å². The first-order valence-corrected chi connectivity index (χ1v) is 8.84. The van der Waals surface area contributed by atoms with E-state index < -0.39 is 0 Å². The maximum absolute atomic E-state index is 6.26. The Balaban J connectivity index is 1.93. The van der Waals surface area contributed by atoms with Crippen molar-refractivity contribution in [3.8, 4) is 33.9 Å². The third kappa shape index (κ3) is 3.51. The predicted octanol–water partition coefficient (Wildman–Crippen LogP) is 6.44. The van der Waals surface area contributed by atoms with E-state index in [0.717, 1.165) is 33.6 Å². The lowest BCUT2D eigenvalue weighted by Gasteiger charge is -2.10. The zero-order valence-electron chi connectivity index (χ0n) is 14.4. The minimum atomic E-state index is 0.677. The number of nitrogens with zero attached hydrogens (tertiary/aromatic N) is 2. The summed E-state index contributed by atoms with van der Waals surface area (Å²) in [5, 5.41) is 0.690. The van der Waals surface area contributed by atoms with Gasteiger partial charge in [0.2, 0.25) is 0 Å². The number of aromatic nitrogens is 2. The van der Waals surface area contributed by atoms with Gasteiger partial charge in [-0.2, -0.15) is 0 Å². The summed E-state index contributed by atoms with van der Waals surface area (Å²) < 4.78 is 0. The van der Waals surface area contributed by atoms with Gasteiger partial charge in [-0.15, -0.1) is 0 Å². The van der Waals surface area contributed by atoms with Gasteiger partial charge in [0.25, 0.3) is 0 Å². The summed E-state index contributed by atoms with van der Waals surface area (Å²) in [7, 11) is 0. The molecule has 0 saturated carbocycles. The van der Waals surface area contributed by atoms with Crippen molar-refractivity contribution in [2.75, 3.05) is 0 Å². The molecule has 1 aromatic heterocycles. The lowest BCUT2D eigenvalue weighted by molar-refractivity contribution is 1.18. The predicted molar refractivity (Wildman–Crippen MR) is 108 cm³/mol. The summed E-state index contributed by atoms with van der Waals surface area (Å²) in [5.74, 6) is 0.677. The molecule has 0 radical (unpaired) electrons. The van der Waals surface area contributed by atoms with E-state index in [2.05, 4.69) is 30.3 Å². The van der Waals surface area contributed by atoms with Gasteiger partial charge in [-0.3, -0.25) is 0 Å². The van der Waals surface area contributed by atoms with E-state index in [4.69, 9.17) is 21.6 Å². The molecule has 0 saturated heterocycles. The summed E-state index contributed by atoms with van der Waals surface area (Å²) in [6.07, 6.45) is 0. The molecule has 4 aromatic rings. The van der Waals surface area contributed by atoms with Crippen molar-refractivity contribution in [1.29, 1.82) is 0 Å². The lowest BCUT2D eigenvalue weighted by Crippen LogP contribution is -1.96.